The predicted molar refractivity (Wildman–Crippen MR) is 62.1 cm³/mol. The van der Waals surface area contributed by atoms with Gasteiger partial charge in [0.25, 0.3) is 0 Å². The summed E-state index contributed by atoms with van der Waals surface area (Å²) in [5.74, 6) is -0.126. The number of H-pyrrole nitrogens is 1. The van der Waals surface area contributed by atoms with Crippen LogP contribution >= 0.6 is 17.0 Å². The Kier molecular flexibility index (Phi) is 3.46. The van der Waals surface area contributed by atoms with Crippen LogP contribution in [0.25, 0.3) is 10.9 Å². The molecule has 2 rings (SSSR count). The second kappa shape index (κ2) is 4.10. The van der Waals surface area contributed by atoms with Crippen LogP contribution in [-0.2, 0) is 0 Å². The predicted octanol–water partition coefficient (Wildman–Crippen LogP) is 1.26. The second-order valence-electron chi connectivity index (χ2n) is 3.01. The standard InChI is InChI=1S/C9H8NO2.BrH.Pb/c1-5-2-6-3-8(11)9(12)4-7(6)10-5;;/h3-4,10-12H,1H3;1H;. The summed E-state index contributed by atoms with van der Waals surface area (Å²) in [4.78, 5) is 3.16. The molecule has 1 aromatic heterocycles. The summed E-state index contributed by atoms with van der Waals surface area (Å²) in [6.45, 7) is 2.00. The monoisotopic (exact) mass is 450 g/mol. The van der Waals surface area contributed by atoms with Crippen LogP contribution in [0.4, 0.5) is 0 Å². The topological polar surface area (TPSA) is 56.2 Å². The van der Waals surface area contributed by atoms with Gasteiger partial charge in [0.2, 0.25) is 0 Å². The molecule has 0 atom stereocenters. The van der Waals surface area contributed by atoms with E-state index >= 15 is 0 Å². The number of aromatic nitrogens is 1. The zero-order chi connectivity index (χ0) is 9.59. The van der Waals surface area contributed by atoms with Gasteiger partial charge in [0, 0.05) is 0 Å². The Bertz CT molecular complexity index is 481. The normalized spacial score (nSPS) is 10.1. The molecule has 3 radical (unpaired) electrons. The van der Waals surface area contributed by atoms with Gasteiger partial charge in [-0.3, -0.25) is 0 Å². The second-order valence-corrected chi connectivity index (χ2v) is 4.96. The number of phenols is 2. The van der Waals surface area contributed by atoms with Crippen LogP contribution in [-0.4, -0.2) is 41.0 Å². The number of aromatic hydroxyl groups is 2. The van der Waals surface area contributed by atoms with Crippen molar-refractivity contribution in [3.63, 3.8) is 0 Å². The Morgan fingerprint density at radius 2 is 1.79 bits per heavy atom. The van der Waals surface area contributed by atoms with Gasteiger partial charge < -0.3 is 0 Å². The maximum atomic E-state index is 9.30. The molecule has 14 heavy (non-hydrogen) atoms. The van der Waals surface area contributed by atoms with Crippen molar-refractivity contribution < 1.29 is 10.2 Å². The zero-order valence-electron chi connectivity index (χ0n) is 7.46. The van der Waals surface area contributed by atoms with E-state index in [0.717, 1.165) is 42.4 Å². The number of benzene rings is 1. The number of fused-ring (bicyclic) bond motifs is 1. The van der Waals surface area contributed by atoms with Gasteiger partial charge in [-0.05, 0) is 0 Å². The van der Waals surface area contributed by atoms with E-state index in [4.69, 9.17) is 0 Å². The fraction of sp³-hybridized carbons (Fsp3) is 0.111. The number of hydrogen-bond donors (Lipinski definition) is 3. The van der Waals surface area contributed by atoms with Gasteiger partial charge in [-0.1, -0.05) is 0 Å². The van der Waals surface area contributed by atoms with Crippen LogP contribution in [0.5, 0.6) is 11.5 Å². The first-order valence-electron chi connectivity index (χ1n) is 3.85. The van der Waals surface area contributed by atoms with Gasteiger partial charge in [0.05, 0.1) is 0 Å². The molecule has 0 aliphatic heterocycles. The molecule has 0 spiro atoms. The van der Waals surface area contributed by atoms with Crippen molar-refractivity contribution in [3.05, 3.63) is 17.8 Å². The summed E-state index contributed by atoms with van der Waals surface area (Å²) < 4.78 is 1.24. The molecule has 0 saturated heterocycles. The molecule has 0 aliphatic rings. The molecule has 1 heterocycles. The molecular weight excluding hydrogens is 441 g/mol. The Morgan fingerprint density at radius 1 is 1.21 bits per heavy atom. The number of phenolic OH excluding ortho intramolecular Hbond substituents is 2. The fourth-order valence-electron chi connectivity index (χ4n) is 1.35. The summed E-state index contributed by atoms with van der Waals surface area (Å²) in [7, 11) is 0. The molecule has 0 unspecified atom stereocenters. The average Bonchev–Trinajstić information content (AvgIpc) is 2.32. The molecule has 5 heteroatoms. The number of hydrogen-bond acceptors (Lipinski definition) is 2. The molecule has 3 nitrogen and oxygen atoms in total. The van der Waals surface area contributed by atoms with Crippen LogP contribution in [0.1, 0.15) is 5.69 Å². The summed E-state index contributed by atoms with van der Waals surface area (Å²) in [6, 6.07) is 3.16. The number of aryl methyl sites for hydroxylation is 1. The van der Waals surface area contributed by atoms with Crippen molar-refractivity contribution in [3.8, 4) is 11.5 Å². The average molecular weight is 450 g/mol. The summed E-state index contributed by atoms with van der Waals surface area (Å²) >= 11 is 0.933. The summed E-state index contributed by atoms with van der Waals surface area (Å²) in [5, 5.41) is 19.6. The Balaban J connectivity index is 0.000000980. The number of nitrogens with one attached hydrogen (secondary N) is 1. The van der Waals surface area contributed by atoms with Crippen LogP contribution < -0.4 is 3.12 Å². The van der Waals surface area contributed by atoms with E-state index in [-0.39, 0.29) is 28.5 Å². The van der Waals surface area contributed by atoms with E-state index < -0.39 is 0 Å². The van der Waals surface area contributed by atoms with Crippen LogP contribution in [0.15, 0.2) is 12.1 Å². The first-order valence-corrected chi connectivity index (χ1v) is 5.80. The Hall–Kier alpha value is -0.238. The first kappa shape index (κ1) is 11.8. The van der Waals surface area contributed by atoms with Crippen molar-refractivity contribution in [2.75, 3.05) is 0 Å². The van der Waals surface area contributed by atoms with Crippen molar-refractivity contribution in [1.82, 2.24) is 4.98 Å². The van der Waals surface area contributed by atoms with E-state index in [9.17, 15) is 10.2 Å². The molecule has 0 bridgehead atoms. The maximum absolute atomic E-state index is 9.30. The number of rotatable bonds is 0. The van der Waals surface area contributed by atoms with Gasteiger partial charge >= 0.3 is 91.2 Å². The van der Waals surface area contributed by atoms with Gasteiger partial charge in [-0.15, -0.1) is 17.0 Å². The van der Waals surface area contributed by atoms with Crippen molar-refractivity contribution in [1.29, 1.82) is 0 Å². The van der Waals surface area contributed by atoms with E-state index in [0.29, 0.717) is 0 Å². The number of halogens is 1. The Morgan fingerprint density at radius 3 is 2.43 bits per heavy atom. The van der Waals surface area contributed by atoms with Gasteiger partial charge in [-0.2, -0.15) is 0 Å². The van der Waals surface area contributed by atoms with E-state index in [2.05, 4.69) is 4.98 Å². The van der Waals surface area contributed by atoms with Crippen molar-refractivity contribution in [2.45, 2.75) is 6.92 Å². The summed E-state index contributed by atoms with van der Waals surface area (Å²) in [5.41, 5.74) is 2.00. The quantitative estimate of drug-likeness (QED) is 0.418. The third-order valence-electron chi connectivity index (χ3n) is 2.08. The minimum absolute atomic E-state index is 0. The minimum atomic E-state index is -0.0737. The molecule has 3 N–H and O–H groups in total. The van der Waals surface area contributed by atoms with E-state index in [1.807, 2.05) is 6.92 Å². The van der Waals surface area contributed by atoms with Crippen LogP contribution in [0.3, 0.4) is 0 Å². The SMILES string of the molecule is Br.Cc1[nH]c2cc(O)c(O)cc2[c]1[Pb]. The molecule has 0 fully saturated rings. The van der Waals surface area contributed by atoms with Crippen molar-refractivity contribution >= 4 is 56.8 Å². The molecule has 2 aromatic rings. The molecule has 0 saturated carbocycles. The fourth-order valence-corrected chi connectivity index (χ4v) is 2.40. The van der Waals surface area contributed by atoms with Gasteiger partial charge in [0.1, 0.15) is 0 Å². The third kappa shape index (κ3) is 1.77. The molecule has 1 aromatic carbocycles. The summed E-state index contributed by atoms with van der Waals surface area (Å²) in [6.07, 6.45) is 0. The zero-order valence-corrected chi connectivity index (χ0v) is 13.1. The first-order chi connectivity index (χ1) is 6.09. The van der Waals surface area contributed by atoms with Gasteiger partial charge in [0.15, 0.2) is 0 Å². The van der Waals surface area contributed by atoms with Crippen molar-refractivity contribution in [2.24, 2.45) is 0 Å². The molecule has 0 aliphatic carbocycles. The third-order valence-corrected chi connectivity index (χ3v) is 4.59. The Labute approximate surface area is 108 Å². The molecular formula is C9H9BrNO2Pb. The molecule has 73 valence electrons. The molecule has 0 amide bonds. The van der Waals surface area contributed by atoms with Crippen LogP contribution in [0.2, 0.25) is 0 Å². The number of aromatic amines is 1. The van der Waals surface area contributed by atoms with Gasteiger partial charge in [-0.25, -0.2) is 0 Å². The van der Waals surface area contributed by atoms with E-state index in [1.54, 1.807) is 12.1 Å². The van der Waals surface area contributed by atoms with E-state index in [1.165, 1.54) is 3.12 Å². The van der Waals surface area contributed by atoms with Crippen LogP contribution in [0, 0.1) is 6.92 Å².